The highest BCUT2D eigenvalue weighted by molar-refractivity contribution is 5.89. The fraction of sp³-hybridized carbons (Fsp3) is 0.231. The molecule has 1 N–H and O–H groups in total. The zero-order valence-corrected chi connectivity index (χ0v) is 17.2. The van der Waals surface area contributed by atoms with Crippen molar-refractivity contribution in [2.24, 2.45) is 5.92 Å². The normalized spacial score (nSPS) is 16.0. The highest BCUT2D eigenvalue weighted by atomic mass is 19.1. The number of carbonyl (C=O) groups excluding carboxylic acids is 2. The fourth-order valence-electron chi connectivity index (χ4n) is 3.99. The molecule has 1 heterocycles. The number of likely N-dealkylation sites (tertiary alicyclic amines) is 1. The van der Waals surface area contributed by atoms with E-state index in [0.29, 0.717) is 19.5 Å². The maximum absolute atomic E-state index is 13.1. The van der Waals surface area contributed by atoms with Crippen molar-refractivity contribution in [1.82, 2.24) is 10.2 Å². The summed E-state index contributed by atoms with van der Waals surface area (Å²) in [5.41, 5.74) is 2.97. The Balaban J connectivity index is 1.41. The SMILES string of the molecule is O=C(NC(c1ccccc1)c1ccccc1)C1CC(=O)N(CCc2ccc(F)cc2)C1. The fourth-order valence-corrected chi connectivity index (χ4v) is 3.99. The van der Waals surface area contributed by atoms with E-state index in [2.05, 4.69) is 5.32 Å². The maximum atomic E-state index is 13.1. The van der Waals surface area contributed by atoms with Crippen LogP contribution >= 0.6 is 0 Å². The molecule has 0 saturated carbocycles. The summed E-state index contributed by atoms with van der Waals surface area (Å²) in [4.78, 5) is 27.3. The molecule has 31 heavy (non-hydrogen) atoms. The summed E-state index contributed by atoms with van der Waals surface area (Å²) in [6, 6.07) is 25.7. The smallest absolute Gasteiger partial charge is 0.226 e. The molecule has 1 fully saturated rings. The summed E-state index contributed by atoms with van der Waals surface area (Å²) in [7, 11) is 0. The van der Waals surface area contributed by atoms with Gasteiger partial charge in [0.2, 0.25) is 11.8 Å². The van der Waals surface area contributed by atoms with Crippen LogP contribution in [-0.2, 0) is 16.0 Å². The van der Waals surface area contributed by atoms with E-state index >= 15 is 0 Å². The number of hydrogen-bond donors (Lipinski definition) is 1. The number of carbonyl (C=O) groups is 2. The summed E-state index contributed by atoms with van der Waals surface area (Å²) in [6.45, 7) is 0.928. The highest BCUT2D eigenvalue weighted by Gasteiger charge is 2.35. The number of benzene rings is 3. The van der Waals surface area contributed by atoms with Gasteiger partial charge < -0.3 is 10.2 Å². The largest absolute Gasteiger partial charge is 0.345 e. The summed E-state index contributed by atoms with van der Waals surface area (Å²) in [5.74, 6) is -0.784. The number of nitrogens with one attached hydrogen (secondary N) is 1. The van der Waals surface area contributed by atoms with Crippen molar-refractivity contribution in [3.05, 3.63) is 107 Å². The molecule has 1 atom stereocenters. The monoisotopic (exact) mass is 416 g/mol. The summed E-state index contributed by atoms with van der Waals surface area (Å²) in [5, 5.41) is 3.15. The molecule has 3 aromatic carbocycles. The summed E-state index contributed by atoms with van der Waals surface area (Å²) in [6.07, 6.45) is 0.850. The van der Waals surface area contributed by atoms with Gasteiger partial charge in [-0.15, -0.1) is 0 Å². The van der Waals surface area contributed by atoms with Gasteiger partial charge in [0, 0.05) is 19.5 Å². The van der Waals surface area contributed by atoms with Gasteiger partial charge in [-0.05, 0) is 35.2 Å². The van der Waals surface area contributed by atoms with Gasteiger partial charge in [-0.1, -0.05) is 72.8 Å². The molecule has 3 aromatic rings. The Morgan fingerprint density at radius 3 is 2.10 bits per heavy atom. The van der Waals surface area contributed by atoms with E-state index < -0.39 is 0 Å². The number of halogens is 1. The number of rotatable bonds is 7. The minimum absolute atomic E-state index is 0.0155. The molecule has 1 aliphatic heterocycles. The molecule has 0 spiro atoms. The first kappa shape index (κ1) is 20.8. The Morgan fingerprint density at radius 2 is 1.52 bits per heavy atom. The number of nitrogens with zero attached hydrogens (tertiary/aromatic N) is 1. The first-order chi connectivity index (χ1) is 15.1. The van der Waals surface area contributed by atoms with Crippen LogP contribution in [0.3, 0.4) is 0 Å². The predicted molar refractivity (Wildman–Crippen MR) is 118 cm³/mol. The molecule has 4 nitrogen and oxygen atoms in total. The summed E-state index contributed by atoms with van der Waals surface area (Å²) >= 11 is 0. The predicted octanol–water partition coefficient (Wildman–Crippen LogP) is 4.12. The Kier molecular flexibility index (Phi) is 6.41. The summed E-state index contributed by atoms with van der Waals surface area (Å²) < 4.78 is 13.1. The van der Waals surface area contributed by atoms with Crippen molar-refractivity contribution >= 4 is 11.8 Å². The zero-order valence-electron chi connectivity index (χ0n) is 17.2. The molecule has 5 heteroatoms. The first-order valence-electron chi connectivity index (χ1n) is 10.5. The lowest BCUT2D eigenvalue weighted by molar-refractivity contribution is -0.129. The van der Waals surface area contributed by atoms with Crippen LogP contribution in [0.25, 0.3) is 0 Å². The number of hydrogen-bond acceptors (Lipinski definition) is 2. The lowest BCUT2D eigenvalue weighted by atomic mass is 9.97. The van der Waals surface area contributed by atoms with Crippen LogP contribution < -0.4 is 5.32 Å². The molecular formula is C26H25FN2O2. The van der Waals surface area contributed by atoms with Crippen molar-refractivity contribution in [1.29, 1.82) is 0 Å². The molecule has 0 aromatic heterocycles. The van der Waals surface area contributed by atoms with Crippen LogP contribution in [-0.4, -0.2) is 29.8 Å². The Morgan fingerprint density at radius 1 is 0.935 bits per heavy atom. The Bertz CT molecular complexity index is 983. The molecule has 4 rings (SSSR count). The molecule has 158 valence electrons. The van der Waals surface area contributed by atoms with Gasteiger partial charge in [0.05, 0.1) is 12.0 Å². The van der Waals surface area contributed by atoms with E-state index in [1.807, 2.05) is 60.7 Å². The minimum atomic E-state index is -0.379. The van der Waals surface area contributed by atoms with Crippen molar-refractivity contribution in [2.45, 2.75) is 18.9 Å². The van der Waals surface area contributed by atoms with Crippen LogP contribution in [0.4, 0.5) is 4.39 Å². The van der Waals surface area contributed by atoms with E-state index in [1.165, 1.54) is 12.1 Å². The lowest BCUT2D eigenvalue weighted by Gasteiger charge is -2.22. The van der Waals surface area contributed by atoms with Crippen molar-refractivity contribution in [2.75, 3.05) is 13.1 Å². The van der Waals surface area contributed by atoms with E-state index in [9.17, 15) is 14.0 Å². The second-order valence-corrected chi connectivity index (χ2v) is 7.88. The van der Waals surface area contributed by atoms with Crippen LogP contribution in [0, 0.1) is 11.7 Å². The molecule has 0 bridgehead atoms. The average Bonchev–Trinajstić information content (AvgIpc) is 3.19. The molecule has 0 radical (unpaired) electrons. The standard InChI is InChI=1S/C26H25FN2O2/c27-23-13-11-19(12-14-23)15-16-29-18-22(17-24(29)30)26(31)28-25(20-7-3-1-4-8-20)21-9-5-2-6-10-21/h1-14,22,25H,15-18H2,(H,28,31). The van der Waals surface area contributed by atoms with Gasteiger partial charge in [-0.3, -0.25) is 9.59 Å². The highest BCUT2D eigenvalue weighted by Crippen LogP contribution is 2.25. The first-order valence-corrected chi connectivity index (χ1v) is 10.5. The maximum Gasteiger partial charge on any atom is 0.226 e. The van der Waals surface area contributed by atoms with E-state index in [-0.39, 0.29) is 36.0 Å². The van der Waals surface area contributed by atoms with Gasteiger partial charge in [-0.2, -0.15) is 0 Å². The van der Waals surface area contributed by atoms with Crippen molar-refractivity contribution < 1.29 is 14.0 Å². The van der Waals surface area contributed by atoms with Gasteiger partial charge in [0.25, 0.3) is 0 Å². The van der Waals surface area contributed by atoms with E-state index in [4.69, 9.17) is 0 Å². The van der Waals surface area contributed by atoms with Gasteiger partial charge >= 0.3 is 0 Å². The van der Waals surface area contributed by atoms with E-state index in [1.54, 1.807) is 17.0 Å². The quantitative estimate of drug-likeness (QED) is 0.630. The molecule has 1 aliphatic rings. The van der Waals surface area contributed by atoms with Crippen LogP contribution in [0.5, 0.6) is 0 Å². The van der Waals surface area contributed by atoms with Crippen molar-refractivity contribution in [3.8, 4) is 0 Å². The molecule has 1 unspecified atom stereocenters. The topological polar surface area (TPSA) is 49.4 Å². The van der Waals surface area contributed by atoms with Gasteiger partial charge in [0.1, 0.15) is 5.82 Å². The van der Waals surface area contributed by atoms with Gasteiger partial charge in [-0.25, -0.2) is 4.39 Å². The second-order valence-electron chi connectivity index (χ2n) is 7.88. The third-order valence-electron chi connectivity index (χ3n) is 5.72. The lowest BCUT2D eigenvalue weighted by Crippen LogP contribution is -2.36. The molecule has 1 saturated heterocycles. The third kappa shape index (κ3) is 5.18. The zero-order chi connectivity index (χ0) is 21.6. The Hall–Kier alpha value is -3.47. The number of amides is 2. The van der Waals surface area contributed by atoms with Crippen molar-refractivity contribution in [3.63, 3.8) is 0 Å². The van der Waals surface area contributed by atoms with Gasteiger partial charge in [0.15, 0.2) is 0 Å². The minimum Gasteiger partial charge on any atom is -0.345 e. The van der Waals surface area contributed by atoms with Crippen LogP contribution in [0.15, 0.2) is 84.9 Å². The van der Waals surface area contributed by atoms with E-state index in [0.717, 1.165) is 16.7 Å². The second kappa shape index (κ2) is 9.56. The molecule has 0 aliphatic carbocycles. The third-order valence-corrected chi connectivity index (χ3v) is 5.72. The molecular weight excluding hydrogens is 391 g/mol. The average molecular weight is 416 g/mol. The van der Waals surface area contributed by atoms with Crippen LogP contribution in [0.1, 0.15) is 29.2 Å². The Labute approximate surface area is 181 Å². The molecule has 2 amide bonds. The van der Waals surface area contributed by atoms with Crippen LogP contribution in [0.2, 0.25) is 0 Å².